The second-order valence-corrected chi connectivity index (χ2v) is 3.51. The fraction of sp³-hybridized carbons (Fsp3) is 0.636. The van der Waals surface area contributed by atoms with Gasteiger partial charge in [0.2, 0.25) is 0 Å². The number of allylic oxidation sites excluding steroid dienone is 3. The van der Waals surface area contributed by atoms with E-state index < -0.39 is 0 Å². The van der Waals surface area contributed by atoms with Crippen molar-refractivity contribution in [2.24, 2.45) is 0 Å². The zero-order chi connectivity index (χ0) is 9.56. The summed E-state index contributed by atoms with van der Waals surface area (Å²) in [6.07, 6.45) is 4.06. The van der Waals surface area contributed by atoms with Crippen molar-refractivity contribution in [1.29, 1.82) is 0 Å². The van der Waals surface area contributed by atoms with Gasteiger partial charge in [0.15, 0.2) is 0 Å². The van der Waals surface area contributed by atoms with Crippen molar-refractivity contribution < 1.29 is 5.11 Å². The molecule has 70 valence electrons. The van der Waals surface area contributed by atoms with Crippen LogP contribution in [0.15, 0.2) is 22.8 Å². The summed E-state index contributed by atoms with van der Waals surface area (Å²) in [7, 11) is 0. The summed E-state index contributed by atoms with van der Waals surface area (Å²) in [6.45, 7) is 8.68. The van der Waals surface area contributed by atoms with Gasteiger partial charge >= 0.3 is 0 Å². The van der Waals surface area contributed by atoms with Crippen molar-refractivity contribution in [2.45, 2.75) is 40.5 Å². The van der Waals surface area contributed by atoms with Gasteiger partial charge in [-0.3, -0.25) is 0 Å². The highest BCUT2D eigenvalue weighted by molar-refractivity contribution is 5.09. The quantitative estimate of drug-likeness (QED) is 0.640. The maximum atomic E-state index is 8.62. The Labute approximate surface area is 75.8 Å². The first-order chi connectivity index (χ1) is 5.57. The Balaban J connectivity index is 3.84. The third-order valence-corrected chi connectivity index (χ3v) is 2.19. The van der Waals surface area contributed by atoms with Gasteiger partial charge in [-0.25, -0.2) is 0 Å². The Bertz CT molecular complexity index is 183. The molecular formula is C11H20O. The molecule has 1 heteroatoms. The van der Waals surface area contributed by atoms with E-state index in [4.69, 9.17) is 5.11 Å². The minimum Gasteiger partial charge on any atom is -0.392 e. The lowest BCUT2D eigenvalue weighted by Gasteiger charge is -2.03. The van der Waals surface area contributed by atoms with Crippen LogP contribution in [0.25, 0.3) is 0 Å². The molecule has 0 unspecified atom stereocenters. The average molecular weight is 168 g/mol. The van der Waals surface area contributed by atoms with Crippen LogP contribution < -0.4 is 0 Å². The van der Waals surface area contributed by atoms with Crippen LogP contribution in [0.2, 0.25) is 0 Å². The van der Waals surface area contributed by atoms with E-state index in [0.29, 0.717) is 0 Å². The maximum Gasteiger partial charge on any atom is 0.0614 e. The first-order valence-corrected chi connectivity index (χ1v) is 4.47. The van der Waals surface area contributed by atoms with E-state index in [1.54, 1.807) is 0 Å². The molecule has 0 aliphatic carbocycles. The molecule has 0 aromatic carbocycles. The van der Waals surface area contributed by atoms with Crippen molar-refractivity contribution in [3.63, 3.8) is 0 Å². The summed E-state index contributed by atoms with van der Waals surface area (Å²) in [5.74, 6) is 0. The third kappa shape index (κ3) is 5.14. The molecule has 0 saturated carbocycles. The zero-order valence-corrected chi connectivity index (χ0v) is 8.65. The van der Waals surface area contributed by atoms with Gasteiger partial charge < -0.3 is 5.11 Å². The molecule has 1 nitrogen and oxygen atoms in total. The molecule has 12 heavy (non-hydrogen) atoms. The fourth-order valence-electron chi connectivity index (χ4n) is 0.893. The summed E-state index contributed by atoms with van der Waals surface area (Å²) in [6, 6.07) is 0. The van der Waals surface area contributed by atoms with Crippen molar-refractivity contribution in [3.8, 4) is 0 Å². The molecule has 0 aromatic rings. The van der Waals surface area contributed by atoms with Crippen LogP contribution in [0.3, 0.4) is 0 Å². The number of rotatable bonds is 4. The Hall–Kier alpha value is -0.560. The molecule has 0 heterocycles. The van der Waals surface area contributed by atoms with E-state index in [1.807, 2.05) is 6.08 Å². The number of aliphatic hydroxyl groups excluding tert-OH is 1. The van der Waals surface area contributed by atoms with Gasteiger partial charge in [-0.15, -0.1) is 0 Å². The first-order valence-electron chi connectivity index (χ1n) is 4.47. The Morgan fingerprint density at radius 3 is 2.08 bits per heavy atom. The molecule has 0 amide bonds. The highest BCUT2D eigenvalue weighted by Gasteiger charge is 1.93. The number of aliphatic hydroxyl groups is 1. The normalized spacial score (nSPS) is 11.6. The lowest BCUT2D eigenvalue weighted by Crippen LogP contribution is -1.85. The van der Waals surface area contributed by atoms with Crippen LogP contribution in [0, 0.1) is 0 Å². The SMILES string of the molecule is CC(=CCO)CCC(C)=C(C)C. The first kappa shape index (κ1) is 11.4. The van der Waals surface area contributed by atoms with Gasteiger partial charge in [0, 0.05) is 0 Å². The molecule has 0 aromatic heterocycles. The van der Waals surface area contributed by atoms with Gasteiger partial charge in [-0.1, -0.05) is 22.8 Å². The predicted octanol–water partition coefficient (Wildman–Crippen LogP) is 3.06. The van der Waals surface area contributed by atoms with Crippen LogP contribution in [0.5, 0.6) is 0 Å². The molecule has 0 bridgehead atoms. The van der Waals surface area contributed by atoms with Crippen LogP contribution in [0.4, 0.5) is 0 Å². The van der Waals surface area contributed by atoms with E-state index in [1.165, 1.54) is 16.7 Å². The highest BCUT2D eigenvalue weighted by Crippen LogP contribution is 2.13. The van der Waals surface area contributed by atoms with E-state index in [9.17, 15) is 0 Å². The lowest BCUT2D eigenvalue weighted by molar-refractivity contribution is 0.341. The van der Waals surface area contributed by atoms with E-state index in [0.717, 1.165) is 12.8 Å². The van der Waals surface area contributed by atoms with Gasteiger partial charge in [-0.05, 0) is 40.5 Å². The minimum absolute atomic E-state index is 0.166. The molecule has 0 radical (unpaired) electrons. The molecule has 0 aliphatic heterocycles. The molecule has 0 saturated heterocycles. The smallest absolute Gasteiger partial charge is 0.0614 e. The Kier molecular flexibility index (Phi) is 5.73. The van der Waals surface area contributed by atoms with Crippen LogP contribution in [-0.2, 0) is 0 Å². The number of hydrogen-bond donors (Lipinski definition) is 1. The van der Waals surface area contributed by atoms with Crippen LogP contribution in [0.1, 0.15) is 40.5 Å². The summed E-state index contributed by atoms with van der Waals surface area (Å²) >= 11 is 0. The van der Waals surface area contributed by atoms with E-state index in [-0.39, 0.29) is 6.61 Å². The van der Waals surface area contributed by atoms with Crippen molar-refractivity contribution in [2.75, 3.05) is 6.61 Å². The van der Waals surface area contributed by atoms with E-state index in [2.05, 4.69) is 27.7 Å². The molecule has 0 aliphatic rings. The second kappa shape index (κ2) is 6.01. The predicted molar refractivity (Wildman–Crippen MR) is 54.1 cm³/mol. The largest absolute Gasteiger partial charge is 0.392 e. The monoisotopic (exact) mass is 168 g/mol. The van der Waals surface area contributed by atoms with Gasteiger partial charge in [-0.2, -0.15) is 0 Å². The summed E-state index contributed by atoms with van der Waals surface area (Å²) in [4.78, 5) is 0. The number of hydrogen-bond acceptors (Lipinski definition) is 1. The van der Waals surface area contributed by atoms with Gasteiger partial charge in [0.1, 0.15) is 0 Å². The summed E-state index contributed by atoms with van der Waals surface area (Å²) < 4.78 is 0. The second-order valence-electron chi connectivity index (χ2n) is 3.51. The Morgan fingerprint density at radius 1 is 1.08 bits per heavy atom. The zero-order valence-electron chi connectivity index (χ0n) is 8.65. The van der Waals surface area contributed by atoms with Crippen molar-refractivity contribution >= 4 is 0 Å². The fourth-order valence-corrected chi connectivity index (χ4v) is 0.893. The summed E-state index contributed by atoms with van der Waals surface area (Å²) in [5, 5.41) is 8.62. The highest BCUT2D eigenvalue weighted by atomic mass is 16.2. The third-order valence-electron chi connectivity index (χ3n) is 2.19. The topological polar surface area (TPSA) is 20.2 Å². The van der Waals surface area contributed by atoms with Crippen molar-refractivity contribution in [3.05, 3.63) is 22.8 Å². The molecule has 0 fully saturated rings. The molecule has 1 N–H and O–H groups in total. The van der Waals surface area contributed by atoms with E-state index >= 15 is 0 Å². The molecule has 0 atom stereocenters. The maximum absolute atomic E-state index is 8.62. The van der Waals surface area contributed by atoms with Gasteiger partial charge in [0.05, 0.1) is 6.61 Å². The molecular weight excluding hydrogens is 148 g/mol. The van der Waals surface area contributed by atoms with Crippen LogP contribution >= 0.6 is 0 Å². The lowest BCUT2D eigenvalue weighted by atomic mass is 10.0. The van der Waals surface area contributed by atoms with Crippen molar-refractivity contribution in [1.82, 2.24) is 0 Å². The average Bonchev–Trinajstić information content (AvgIpc) is 2.00. The van der Waals surface area contributed by atoms with Gasteiger partial charge in [0.25, 0.3) is 0 Å². The molecule has 0 rings (SSSR count). The summed E-state index contributed by atoms with van der Waals surface area (Å²) in [5.41, 5.74) is 4.14. The minimum atomic E-state index is 0.166. The van der Waals surface area contributed by atoms with Crippen LogP contribution in [-0.4, -0.2) is 11.7 Å². The Morgan fingerprint density at radius 2 is 1.67 bits per heavy atom. The molecule has 0 spiro atoms. The standard InChI is InChI=1S/C11H20O/c1-9(2)11(4)6-5-10(3)7-8-12/h7,12H,5-6,8H2,1-4H3.